The molecular formula is C23H27N3O3S. The number of para-hydroxylation sites is 2. The molecule has 1 aliphatic rings. The average Bonchev–Trinajstić information content (AvgIpc) is 3.45. The lowest BCUT2D eigenvalue weighted by molar-refractivity contribution is 0.0679. The van der Waals surface area contributed by atoms with Crippen LogP contribution in [0.4, 0.5) is 0 Å². The van der Waals surface area contributed by atoms with E-state index in [9.17, 15) is 4.79 Å². The van der Waals surface area contributed by atoms with Crippen molar-refractivity contribution in [2.45, 2.75) is 31.4 Å². The molecule has 158 valence electrons. The molecule has 0 bridgehead atoms. The van der Waals surface area contributed by atoms with Crippen molar-refractivity contribution < 1.29 is 14.3 Å². The number of amides is 1. The van der Waals surface area contributed by atoms with E-state index in [-0.39, 0.29) is 18.1 Å². The molecule has 0 aliphatic carbocycles. The number of benzene rings is 2. The summed E-state index contributed by atoms with van der Waals surface area (Å²) in [5.74, 6) is 2.35. The van der Waals surface area contributed by atoms with Crippen LogP contribution in [0.1, 0.15) is 41.5 Å². The molecule has 1 amide bonds. The Morgan fingerprint density at radius 2 is 2.13 bits per heavy atom. The first-order valence-corrected chi connectivity index (χ1v) is 11.7. The highest BCUT2D eigenvalue weighted by Gasteiger charge is 2.19. The largest absolute Gasteiger partial charge is 0.491 e. The standard InChI is InChI=1S/C23H27N3O3S/c1-30-14-12-21(22-24-19-6-2-3-7-20(19)25-22)26-23(27)16-8-10-17(11-9-16)29-15-18-5-4-13-28-18/h2-3,6-11,18,21H,4-5,12-15H2,1H3,(H,24,25)(H,26,27)/t18?,21-/m0/s1. The third kappa shape index (κ3) is 5.15. The summed E-state index contributed by atoms with van der Waals surface area (Å²) in [6, 6.07) is 15.0. The Labute approximate surface area is 180 Å². The molecule has 2 N–H and O–H groups in total. The SMILES string of the molecule is CSCC[C@H](NC(=O)c1ccc(OCC2CCCO2)cc1)c1nc2ccccc2[nH]1. The lowest BCUT2D eigenvalue weighted by Crippen LogP contribution is -2.29. The maximum atomic E-state index is 12.9. The van der Waals surface area contributed by atoms with Gasteiger partial charge < -0.3 is 19.8 Å². The van der Waals surface area contributed by atoms with E-state index in [1.54, 1.807) is 23.9 Å². The van der Waals surface area contributed by atoms with Gasteiger partial charge in [0.25, 0.3) is 5.91 Å². The lowest BCUT2D eigenvalue weighted by atomic mass is 10.1. The normalized spacial score (nSPS) is 17.2. The number of hydrogen-bond acceptors (Lipinski definition) is 5. The van der Waals surface area contributed by atoms with E-state index >= 15 is 0 Å². The number of aromatic amines is 1. The second-order valence-corrected chi connectivity index (χ2v) is 8.40. The number of thioether (sulfide) groups is 1. The summed E-state index contributed by atoms with van der Waals surface area (Å²) < 4.78 is 11.4. The smallest absolute Gasteiger partial charge is 0.251 e. The first-order valence-electron chi connectivity index (χ1n) is 10.3. The average molecular weight is 426 g/mol. The van der Waals surface area contributed by atoms with E-state index in [4.69, 9.17) is 9.47 Å². The molecule has 7 heteroatoms. The Balaban J connectivity index is 1.41. The highest BCUT2D eigenvalue weighted by Crippen LogP contribution is 2.21. The van der Waals surface area contributed by atoms with Crippen LogP contribution in [0.5, 0.6) is 5.75 Å². The van der Waals surface area contributed by atoms with Crippen LogP contribution < -0.4 is 10.1 Å². The summed E-state index contributed by atoms with van der Waals surface area (Å²) in [6.45, 7) is 1.37. The van der Waals surface area contributed by atoms with Crippen LogP contribution >= 0.6 is 11.8 Å². The molecule has 1 saturated heterocycles. The van der Waals surface area contributed by atoms with Gasteiger partial charge in [-0.05, 0) is 67.7 Å². The number of ether oxygens (including phenoxy) is 2. The minimum atomic E-state index is -0.173. The summed E-state index contributed by atoms with van der Waals surface area (Å²) in [6.07, 6.45) is 5.17. The fourth-order valence-electron chi connectivity index (χ4n) is 3.56. The molecule has 0 spiro atoms. The number of carbonyl (C=O) groups excluding carboxylic acids is 1. The summed E-state index contributed by atoms with van der Waals surface area (Å²) in [5.41, 5.74) is 2.48. The highest BCUT2D eigenvalue weighted by molar-refractivity contribution is 7.98. The fraction of sp³-hybridized carbons (Fsp3) is 0.391. The summed E-state index contributed by atoms with van der Waals surface area (Å²) in [7, 11) is 0. The van der Waals surface area contributed by atoms with Gasteiger partial charge in [0.1, 0.15) is 18.2 Å². The Morgan fingerprint density at radius 1 is 1.30 bits per heavy atom. The molecule has 1 unspecified atom stereocenters. The molecule has 1 aromatic heterocycles. The summed E-state index contributed by atoms with van der Waals surface area (Å²) in [5, 5.41) is 3.13. The maximum Gasteiger partial charge on any atom is 0.251 e. The van der Waals surface area contributed by atoms with Crippen molar-refractivity contribution in [1.82, 2.24) is 15.3 Å². The maximum absolute atomic E-state index is 12.9. The van der Waals surface area contributed by atoms with Crippen molar-refractivity contribution in [1.29, 1.82) is 0 Å². The van der Waals surface area contributed by atoms with Gasteiger partial charge in [0.2, 0.25) is 0 Å². The third-order valence-electron chi connectivity index (χ3n) is 5.23. The van der Waals surface area contributed by atoms with Gasteiger partial charge in [0, 0.05) is 12.2 Å². The van der Waals surface area contributed by atoms with E-state index in [1.807, 2.05) is 36.4 Å². The van der Waals surface area contributed by atoms with Crippen LogP contribution in [0.25, 0.3) is 11.0 Å². The molecule has 6 nitrogen and oxygen atoms in total. The zero-order valence-electron chi connectivity index (χ0n) is 17.1. The number of nitrogens with zero attached hydrogens (tertiary/aromatic N) is 1. The number of nitrogens with one attached hydrogen (secondary N) is 2. The number of hydrogen-bond donors (Lipinski definition) is 2. The van der Waals surface area contributed by atoms with Crippen LogP contribution in [0.2, 0.25) is 0 Å². The van der Waals surface area contributed by atoms with Crippen LogP contribution in [0, 0.1) is 0 Å². The van der Waals surface area contributed by atoms with Gasteiger partial charge in [-0.25, -0.2) is 4.98 Å². The molecule has 2 aromatic carbocycles. The second-order valence-electron chi connectivity index (χ2n) is 7.42. The van der Waals surface area contributed by atoms with Gasteiger partial charge in [-0.3, -0.25) is 4.79 Å². The van der Waals surface area contributed by atoms with E-state index in [2.05, 4.69) is 21.5 Å². The van der Waals surface area contributed by atoms with E-state index in [0.29, 0.717) is 12.2 Å². The van der Waals surface area contributed by atoms with Crippen LogP contribution in [-0.4, -0.2) is 47.2 Å². The first-order chi connectivity index (χ1) is 14.7. The molecule has 3 aromatic rings. The van der Waals surface area contributed by atoms with Gasteiger partial charge in [-0.2, -0.15) is 11.8 Å². The lowest BCUT2D eigenvalue weighted by Gasteiger charge is -2.17. The van der Waals surface area contributed by atoms with Crippen LogP contribution in [0.3, 0.4) is 0 Å². The topological polar surface area (TPSA) is 76.2 Å². The van der Waals surface area contributed by atoms with Crippen molar-refractivity contribution in [2.24, 2.45) is 0 Å². The Morgan fingerprint density at radius 3 is 2.87 bits per heavy atom. The zero-order chi connectivity index (χ0) is 20.8. The van der Waals surface area contributed by atoms with Crippen molar-refractivity contribution >= 4 is 28.7 Å². The number of fused-ring (bicyclic) bond motifs is 1. The summed E-state index contributed by atoms with van der Waals surface area (Å²) >= 11 is 1.75. The van der Waals surface area contributed by atoms with Gasteiger partial charge in [-0.1, -0.05) is 12.1 Å². The minimum absolute atomic E-state index is 0.118. The van der Waals surface area contributed by atoms with E-state index in [1.165, 1.54) is 0 Å². The highest BCUT2D eigenvalue weighted by atomic mass is 32.2. The third-order valence-corrected chi connectivity index (χ3v) is 5.87. The van der Waals surface area contributed by atoms with Crippen LogP contribution in [-0.2, 0) is 4.74 Å². The quantitative estimate of drug-likeness (QED) is 0.533. The minimum Gasteiger partial charge on any atom is -0.491 e. The number of imidazole rings is 1. The van der Waals surface area contributed by atoms with Crippen molar-refractivity contribution in [3.05, 3.63) is 59.9 Å². The number of rotatable bonds is 9. The molecular weight excluding hydrogens is 398 g/mol. The zero-order valence-corrected chi connectivity index (χ0v) is 17.9. The van der Waals surface area contributed by atoms with Gasteiger partial charge >= 0.3 is 0 Å². The van der Waals surface area contributed by atoms with Gasteiger partial charge in [-0.15, -0.1) is 0 Å². The molecule has 30 heavy (non-hydrogen) atoms. The Kier molecular flexibility index (Phi) is 6.92. The number of carbonyl (C=O) groups is 1. The van der Waals surface area contributed by atoms with E-state index < -0.39 is 0 Å². The monoisotopic (exact) mass is 425 g/mol. The predicted octanol–water partition coefficient (Wildman–Crippen LogP) is 4.34. The Bertz CT molecular complexity index is 934. The fourth-order valence-corrected chi connectivity index (χ4v) is 4.03. The summed E-state index contributed by atoms with van der Waals surface area (Å²) in [4.78, 5) is 20.9. The molecule has 0 radical (unpaired) electrons. The number of H-pyrrole nitrogens is 1. The predicted molar refractivity (Wildman–Crippen MR) is 120 cm³/mol. The number of aromatic nitrogens is 2. The van der Waals surface area contributed by atoms with Gasteiger partial charge in [0.15, 0.2) is 0 Å². The van der Waals surface area contributed by atoms with E-state index in [0.717, 1.165) is 54.2 Å². The molecule has 2 heterocycles. The molecule has 1 aliphatic heterocycles. The second kappa shape index (κ2) is 10.00. The van der Waals surface area contributed by atoms with Crippen molar-refractivity contribution in [3.8, 4) is 5.75 Å². The first kappa shape index (κ1) is 20.8. The van der Waals surface area contributed by atoms with Crippen LogP contribution in [0.15, 0.2) is 48.5 Å². The Hall–Kier alpha value is -2.51. The van der Waals surface area contributed by atoms with Gasteiger partial charge in [0.05, 0.1) is 23.2 Å². The van der Waals surface area contributed by atoms with Crippen molar-refractivity contribution in [3.63, 3.8) is 0 Å². The molecule has 0 saturated carbocycles. The molecule has 1 fully saturated rings. The molecule has 4 rings (SSSR count). The van der Waals surface area contributed by atoms with Crippen molar-refractivity contribution in [2.75, 3.05) is 25.2 Å². The molecule has 2 atom stereocenters.